The van der Waals surface area contributed by atoms with Crippen molar-refractivity contribution in [1.82, 2.24) is 19.9 Å². The van der Waals surface area contributed by atoms with Gasteiger partial charge in [-0.2, -0.15) is 0 Å². The Morgan fingerprint density at radius 1 is 0.641 bits per heavy atom. The molecule has 8 nitrogen and oxygen atoms in total. The molecule has 2 aliphatic rings. The van der Waals surface area contributed by atoms with Crippen molar-refractivity contribution in [2.24, 2.45) is 0 Å². The molecule has 2 aliphatic heterocycles. The summed E-state index contributed by atoms with van der Waals surface area (Å²) in [4.78, 5) is 16.6. The molecule has 0 amide bonds. The van der Waals surface area contributed by atoms with E-state index in [1.165, 1.54) is 0 Å². The SMILES string of the molecule is COC1=C(c2ccccc2)c2cc3ccc(cc4nc(cc5[nH]c(c(OC)c1n2)c(OC)c5OC)C=C4)[nH]3.[Co]. The van der Waals surface area contributed by atoms with Crippen molar-refractivity contribution in [2.75, 3.05) is 28.4 Å². The molecule has 3 aromatic heterocycles. The van der Waals surface area contributed by atoms with Gasteiger partial charge in [0.05, 0.1) is 56.6 Å². The zero-order valence-corrected chi connectivity index (χ0v) is 22.8. The molecule has 0 spiro atoms. The Labute approximate surface area is 235 Å². The van der Waals surface area contributed by atoms with Crippen LogP contribution in [0.2, 0.25) is 0 Å². The molecule has 9 heteroatoms. The average Bonchev–Trinajstić information content (AvgIpc) is 3.71. The van der Waals surface area contributed by atoms with Gasteiger partial charge in [0, 0.05) is 27.8 Å². The number of hydrogen-bond donors (Lipinski definition) is 2. The van der Waals surface area contributed by atoms with E-state index in [9.17, 15) is 0 Å². The van der Waals surface area contributed by atoms with Gasteiger partial charge in [-0.1, -0.05) is 30.3 Å². The van der Waals surface area contributed by atoms with E-state index in [1.54, 1.807) is 28.4 Å². The minimum atomic E-state index is 0. The van der Waals surface area contributed by atoms with Crippen molar-refractivity contribution in [3.8, 4) is 17.2 Å². The van der Waals surface area contributed by atoms with Crippen LogP contribution >= 0.6 is 0 Å². The summed E-state index contributed by atoms with van der Waals surface area (Å²) < 4.78 is 23.5. The van der Waals surface area contributed by atoms with Gasteiger partial charge in [0.25, 0.3) is 0 Å². The minimum Gasteiger partial charge on any atom is -0.494 e. The number of nitrogens with one attached hydrogen (secondary N) is 2. The van der Waals surface area contributed by atoms with Gasteiger partial charge in [-0.15, -0.1) is 0 Å². The fraction of sp³-hybridized carbons (Fsp3) is 0.133. The van der Waals surface area contributed by atoms with E-state index in [0.29, 0.717) is 39.7 Å². The predicted octanol–water partition coefficient (Wildman–Crippen LogP) is 6.07. The van der Waals surface area contributed by atoms with Crippen molar-refractivity contribution >= 4 is 45.6 Å². The number of nitrogens with zero attached hydrogens (tertiary/aromatic N) is 2. The Kier molecular flexibility index (Phi) is 7.19. The molecule has 4 aromatic rings. The molecule has 5 heterocycles. The van der Waals surface area contributed by atoms with Crippen LogP contribution in [0.3, 0.4) is 0 Å². The van der Waals surface area contributed by atoms with Crippen LogP contribution in [0, 0.1) is 0 Å². The van der Waals surface area contributed by atoms with Gasteiger partial charge in [-0.05, 0) is 48.0 Å². The second-order valence-electron chi connectivity index (χ2n) is 8.73. The summed E-state index contributed by atoms with van der Waals surface area (Å²) in [6.07, 6.45) is 3.92. The first-order valence-corrected chi connectivity index (χ1v) is 12.1. The van der Waals surface area contributed by atoms with Gasteiger partial charge >= 0.3 is 0 Å². The number of aromatic amines is 2. The molecule has 2 N–H and O–H groups in total. The van der Waals surface area contributed by atoms with Crippen molar-refractivity contribution in [1.29, 1.82) is 0 Å². The molecule has 0 atom stereocenters. The number of benzene rings is 1. The average molecular weight is 565 g/mol. The number of fused-ring (bicyclic) bond motifs is 8. The van der Waals surface area contributed by atoms with Gasteiger partial charge < -0.3 is 28.9 Å². The largest absolute Gasteiger partial charge is 0.494 e. The van der Waals surface area contributed by atoms with Crippen LogP contribution in [0.25, 0.3) is 45.6 Å². The van der Waals surface area contributed by atoms with Crippen LogP contribution in [0.1, 0.15) is 28.3 Å². The summed E-state index contributed by atoms with van der Waals surface area (Å²) in [5.74, 6) is 2.06. The van der Waals surface area contributed by atoms with E-state index in [0.717, 1.165) is 39.3 Å². The third-order valence-electron chi connectivity index (χ3n) is 6.49. The Balaban J connectivity index is 0.00000308. The van der Waals surface area contributed by atoms with E-state index < -0.39 is 0 Å². The Morgan fingerprint density at radius 2 is 1.31 bits per heavy atom. The monoisotopic (exact) mass is 565 g/mol. The van der Waals surface area contributed by atoms with Crippen molar-refractivity contribution in [3.05, 3.63) is 89.0 Å². The Morgan fingerprint density at radius 3 is 1.97 bits per heavy atom. The number of ether oxygens (including phenoxy) is 4. The first-order valence-electron chi connectivity index (χ1n) is 12.1. The number of hydrogen-bond acceptors (Lipinski definition) is 6. The number of methoxy groups -OCH3 is 4. The van der Waals surface area contributed by atoms with Gasteiger partial charge in [0.2, 0.25) is 0 Å². The summed E-state index contributed by atoms with van der Waals surface area (Å²) in [5.41, 5.74) is 7.79. The van der Waals surface area contributed by atoms with E-state index in [-0.39, 0.29) is 16.8 Å². The van der Waals surface area contributed by atoms with Crippen LogP contribution in [0.15, 0.2) is 60.7 Å². The standard InChI is InChI=1S/C30H26N4O4.Co/c1-35-27-23-16-21-13-11-19(32-21)14-18-10-12-20(31-18)15-22-24(17-8-6-5-7-9-17)28(36-2)25(33-22)29(37-3)26(34-23)30(27)38-4;/h5-16,31,34H,1-4H3;. The van der Waals surface area contributed by atoms with Crippen LogP contribution in [-0.2, 0) is 21.5 Å². The van der Waals surface area contributed by atoms with Gasteiger partial charge in [-0.3, -0.25) is 0 Å². The zero-order chi connectivity index (χ0) is 26.2. The van der Waals surface area contributed by atoms with Crippen molar-refractivity contribution < 1.29 is 35.7 Å². The fourth-order valence-corrected chi connectivity index (χ4v) is 4.87. The van der Waals surface area contributed by atoms with Crippen LogP contribution in [0.5, 0.6) is 17.2 Å². The maximum atomic E-state index is 5.99. The maximum Gasteiger partial charge on any atom is 0.190 e. The smallest absolute Gasteiger partial charge is 0.190 e. The number of aromatic nitrogens is 4. The predicted molar refractivity (Wildman–Crippen MR) is 149 cm³/mol. The minimum absolute atomic E-state index is 0. The molecule has 199 valence electrons. The molecule has 6 rings (SSSR count). The topological polar surface area (TPSA) is 94.3 Å². The first-order chi connectivity index (χ1) is 18.6. The Bertz CT molecular complexity index is 1770. The van der Waals surface area contributed by atoms with Gasteiger partial charge in [0.1, 0.15) is 5.52 Å². The molecule has 0 fully saturated rings. The molecule has 0 aliphatic carbocycles. The first kappa shape index (κ1) is 26.1. The molecule has 8 bridgehead atoms. The summed E-state index contributed by atoms with van der Waals surface area (Å²) in [7, 11) is 6.43. The van der Waals surface area contributed by atoms with E-state index in [1.807, 2.05) is 72.8 Å². The van der Waals surface area contributed by atoms with Crippen LogP contribution < -0.4 is 14.2 Å². The van der Waals surface area contributed by atoms with Gasteiger partial charge in [-0.25, -0.2) is 9.97 Å². The van der Waals surface area contributed by atoms with E-state index in [4.69, 9.17) is 28.9 Å². The molecule has 1 aromatic carbocycles. The summed E-state index contributed by atoms with van der Waals surface area (Å²) in [6.45, 7) is 0. The van der Waals surface area contributed by atoms with Crippen LogP contribution in [0.4, 0.5) is 0 Å². The Hall–Kier alpha value is -4.47. The summed E-state index contributed by atoms with van der Waals surface area (Å²) >= 11 is 0. The fourth-order valence-electron chi connectivity index (χ4n) is 4.87. The van der Waals surface area contributed by atoms with Gasteiger partial charge in [0.15, 0.2) is 28.7 Å². The third-order valence-corrected chi connectivity index (χ3v) is 6.49. The molecule has 0 saturated heterocycles. The zero-order valence-electron chi connectivity index (χ0n) is 21.8. The normalized spacial score (nSPS) is 12.2. The summed E-state index contributed by atoms with van der Waals surface area (Å²) in [5, 5.41) is 0. The molecule has 0 unspecified atom stereocenters. The third kappa shape index (κ3) is 4.56. The number of H-pyrrole nitrogens is 2. The molecule has 1 radical (unpaired) electrons. The molecular formula is C30H26CoN4O4. The van der Waals surface area contributed by atoms with Crippen molar-refractivity contribution in [3.63, 3.8) is 0 Å². The quantitative estimate of drug-likeness (QED) is 0.269. The maximum absolute atomic E-state index is 5.99. The molecular weight excluding hydrogens is 539 g/mol. The second-order valence-corrected chi connectivity index (χ2v) is 8.73. The number of rotatable bonds is 5. The summed E-state index contributed by atoms with van der Waals surface area (Å²) in [6, 6.07) is 20.0. The van der Waals surface area contributed by atoms with E-state index >= 15 is 0 Å². The van der Waals surface area contributed by atoms with Crippen LogP contribution in [-0.4, -0.2) is 48.4 Å². The molecule has 39 heavy (non-hydrogen) atoms. The van der Waals surface area contributed by atoms with Crippen molar-refractivity contribution in [2.45, 2.75) is 0 Å². The molecule has 0 saturated carbocycles. The second kappa shape index (κ2) is 10.7. The van der Waals surface area contributed by atoms with E-state index in [2.05, 4.69) is 9.97 Å².